The summed E-state index contributed by atoms with van der Waals surface area (Å²) in [6.07, 6.45) is 5.58. The molecule has 2 aromatic rings. The Bertz CT molecular complexity index is 931. The minimum Gasteiger partial charge on any atom is -0.378 e. The zero-order valence-corrected chi connectivity index (χ0v) is 19.2. The van der Waals surface area contributed by atoms with E-state index >= 15 is 0 Å². The zero-order valence-electron chi connectivity index (χ0n) is 19.2. The summed E-state index contributed by atoms with van der Waals surface area (Å²) in [5.74, 6) is 0.810. The summed E-state index contributed by atoms with van der Waals surface area (Å²) >= 11 is 0. The molecule has 3 saturated heterocycles. The molecule has 3 fully saturated rings. The lowest BCUT2D eigenvalue weighted by Gasteiger charge is -2.36. The highest BCUT2D eigenvalue weighted by Crippen LogP contribution is 2.33. The molecule has 4 heterocycles. The number of amides is 2. The van der Waals surface area contributed by atoms with E-state index in [9.17, 15) is 9.18 Å². The van der Waals surface area contributed by atoms with Crippen LogP contribution in [0, 0.1) is 11.7 Å². The fourth-order valence-electron chi connectivity index (χ4n) is 5.33. The Morgan fingerprint density at radius 1 is 1.06 bits per heavy atom. The van der Waals surface area contributed by atoms with Crippen molar-refractivity contribution >= 4 is 17.0 Å². The van der Waals surface area contributed by atoms with E-state index in [2.05, 4.69) is 20.5 Å². The second-order valence-electron chi connectivity index (χ2n) is 9.56. The van der Waals surface area contributed by atoms with Crippen LogP contribution < -0.4 is 5.43 Å². The van der Waals surface area contributed by atoms with Gasteiger partial charge in [-0.1, -0.05) is 5.16 Å². The SMILES string of the molecule is O=C(NN1CCC(CCN2CCC(c3noc4cc(F)ccc34)CC2)CC1)N1CCOCC1. The molecule has 0 bridgehead atoms. The van der Waals surface area contributed by atoms with Crippen LogP contribution in [0.25, 0.3) is 11.0 Å². The molecule has 0 aliphatic carbocycles. The molecular formula is C24H34FN5O3. The Hall–Kier alpha value is -2.23. The number of hydrogen-bond acceptors (Lipinski definition) is 6. The van der Waals surface area contributed by atoms with Crippen LogP contribution in [0.15, 0.2) is 22.7 Å². The van der Waals surface area contributed by atoms with Crippen molar-refractivity contribution in [3.05, 3.63) is 29.7 Å². The van der Waals surface area contributed by atoms with Gasteiger partial charge in [0.25, 0.3) is 0 Å². The number of nitrogens with zero attached hydrogens (tertiary/aromatic N) is 4. The summed E-state index contributed by atoms with van der Waals surface area (Å²) in [7, 11) is 0. The van der Waals surface area contributed by atoms with Gasteiger partial charge < -0.3 is 19.1 Å². The predicted octanol–water partition coefficient (Wildman–Crippen LogP) is 3.21. The van der Waals surface area contributed by atoms with Gasteiger partial charge in [-0.05, 0) is 69.8 Å². The Morgan fingerprint density at radius 2 is 1.82 bits per heavy atom. The van der Waals surface area contributed by atoms with Gasteiger partial charge in [-0.25, -0.2) is 14.2 Å². The molecule has 0 atom stereocenters. The van der Waals surface area contributed by atoms with Gasteiger partial charge in [0, 0.05) is 43.5 Å². The summed E-state index contributed by atoms with van der Waals surface area (Å²) < 4.78 is 24.1. The van der Waals surface area contributed by atoms with Gasteiger partial charge in [-0.15, -0.1) is 0 Å². The number of halogens is 1. The molecule has 0 saturated carbocycles. The topological polar surface area (TPSA) is 74.1 Å². The minimum atomic E-state index is -0.287. The van der Waals surface area contributed by atoms with Crippen molar-refractivity contribution in [1.29, 1.82) is 0 Å². The molecule has 1 aromatic carbocycles. The fraction of sp³-hybridized carbons (Fsp3) is 0.667. The van der Waals surface area contributed by atoms with Gasteiger partial charge in [-0.3, -0.25) is 5.43 Å². The van der Waals surface area contributed by atoms with E-state index < -0.39 is 0 Å². The van der Waals surface area contributed by atoms with E-state index in [1.807, 2.05) is 4.90 Å². The van der Waals surface area contributed by atoms with E-state index in [0.29, 0.717) is 43.7 Å². The number of morpholine rings is 1. The number of urea groups is 1. The van der Waals surface area contributed by atoms with Crippen molar-refractivity contribution in [2.75, 3.05) is 59.0 Å². The molecule has 0 spiro atoms. The number of carbonyl (C=O) groups excluding carboxylic acids is 1. The molecule has 2 amide bonds. The van der Waals surface area contributed by atoms with Gasteiger partial charge in [0.05, 0.1) is 18.9 Å². The van der Waals surface area contributed by atoms with Crippen LogP contribution in [0.4, 0.5) is 9.18 Å². The third-order valence-electron chi connectivity index (χ3n) is 7.46. The summed E-state index contributed by atoms with van der Waals surface area (Å²) in [4.78, 5) is 16.8. The van der Waals surface area contributed by atoms with E-state index in [-0.39, 0.29) is 11.8 Å². The number of fused-ring (bicyclic) bond motifs is 1. The number of piperidine rings is 2. The summed E-state index contributed by atoms with van der Waals surface area (Å²) in [5.41, 5.74) is 4.59. The van der Waals surface area contributed by atoms with Crippen LogP contribution >= 0.6 is 0 Å². The quantitative estimate of drug-likeness (QED) is 0.740. The zero-order chi connectivity index (χ0) is 22.6. The summed E-state index contributed by atoms with van der Waals surface area (Å²) in [5, 5.41) is 7.28. The first kappa shape index (κ1) is 22.6. The van der Waals surface area contributed by atoms with Crippen LogP contribution in [0.1, 0.15) is 43.7 Å². The highest BCUT2D eigenvalue weighted by molar-refractivity contribution is 5.79. The number of ether oxygens (including phenoxy) is 1. The average Bonchev–Trinajstić information content (AvgIpc) is 3.27. The van der Waals surface area contributed by atoms with Crippen LogP contribution in [-0.4, -0.2) is 85.0 Å². The second kappa shape index (κ2) is 10.4. The number of rotatable bonds is 5. The molecule has 8 nitrogen and oxygen atoms in total. The maximum atomic E-state index is 13.4. The Labute approximate surface area is 194 Å². The average molecular weight is 460 g/mol. The van der Waals surface area contributed by atoms with Gasteiger partial charge in [0.2, 0.25) is 0 Å². The number of aromatic nitrogens is 1. The Kier molecular flexibility index (Phi) is 7.08. The molecule has 1 N–H and O–H groups in total. The molecule has 0 radical (unpaired) electrons. The lowest BCUT2D eigenvalue weighted by atomic mass is 9.90. The number of hydrogen-bond donors (Lipinski definition) is 1. The standard InChI is InChI=1S/C24H34FN5O3/c25-20-1-2-21-22(17-20)33-27-23(21)19-6-9-28(10-7-19)8-3-18-4-11-30(12-5-18)26-24(31)29-13-15-32-16-14-29/h1-2,17-19H,3-16H2,(H,26,31). The highest BCUT2D eigenvalue weighted by atomic mass is 19.1. The van der Waals surface area contributed by atoms with E-state index in [1.54, 1.807) is 6.07 Å². The molecule has 33 heavy (non-hydrogen) atoms. The molecule has 180 valence electrons. The van der Waals surface area contributed by atoms with Crippen molar-refractivity contribution in [3.63, 3.8) is 0 Å². The first-order chi connectivity index (χ1) is 16.2. The summed E-state index contributed by atoms with van der Waals surface area (Å²) in [6.45, 7) is 7.69. The number of carbonyl (C=O) groups is 1. The van der Waals surface area contributed by atoms with Crippen molar-refractivity contribution < 1.29 is 18.4 Å². The fourth-order valence-corrected chi connectivity index (χ4v) is 5.33. The van der Waals surface area contributed by atoms with Crippen molar-refractivity contribution in [2.45, 2.75) is 38.0 Å². The smallest absolute Gasteiger partial charge is 0.332 e. The lowest BCUT2D eigenvalue weighted by molar-refractivity contribution is 0.0423. The second-order valence-corrected chi connectivity index (χ2v) is 9.56. The molecule has 0 unspecified atom stereocenters. The molecule has 9 heteroatoms. The number of hydrazine groups is 1. The molecule has 5 rings (SSSR count). The largest absolute Gasteiger partial charge is 0.378 e. The van der Waals surface area contributed by atoms with Crippen LogP contribution in [0.2, 0.25) is 0 Å². The van der Waals surface area contributed by atoms with Gasteiger partial charge in [0.1, 0.15) is 5.82 Å². The van der Waals surface area contributed by atoms with Gasteiger partial charge in [-0.2, -0.15) is 0 Å². The van der Waals surface area contributed by atoms with Crippen LogP contribution in [0.5, 0.6) is 0 Å². The molecule has 1 aromatic heterocycles. The molecule has 3 aliphatic rings. The normalized spacial score (nSPS) is 22.2. The first-order valence-electron chi connectivity index (χ1n) is 12.3. The van der Waals surface area contributed by atoms with E-state index in [1.165, 1.54) is 18.6 Å². The number of benzene rings is 1. The third kappa shape index (κ3) is 5.47. The minimum absolute atomic E-state index is 0.00430. The Balaban J connectivity index is 1.01. The lowest BCUT2D eigenvalue weighted by Crippen LogP contribution is -2.54. The Morgan fingerprint density at radius 3 is 2.58 bits per heavy atom. The van der Waals surface area contributed by atoms with E-state index in [4.69, 9.17) is 9.26 Å². The summed E-state index contributed by atoms with van der Waals surface area (Å²) in [6, 6.07) is 4.70. The third-order valence-corrected chi connectivity index (χ3v) is 7.46. The van der Waals surface area contributed by atoms with Crippen LogP contribution in [0.3, 0.4) is 0 Å². The van der Waals surface area contributed by atoms with Crippen LogP contribution in [-0.2, 0) is 4.74 Å². The van der Waals surface area contributed by atoms with Crippen molar-refractivity contribution in [2.24, 2.45) is 5.92 Å². The number of nitrogens with one attached hydrogen (secondary N) is 1. The monoisotopic (exact) mass is 459 g/mol. The predicted molar refractivity (Wildman–Crippen MR) is 122 cm³/mol. The first-order valence-corrected chi connectivity index (χ1v) is 12.3. The molecule has 3 aliphatic heterocycles. The number of likely N-dealkylation sites (tertiary alicyclic amines) is 1. The van der Waals surface area contributed by atoms with Gasteiger partial charge >= 0.3 is 6.03 Å². The van der Waals surface area contributed by atoms with Crippen molar-refractivity contribution in [1.82, 2.24) is 25.4 Å². The highest BCUT2D eigenvalue weighted by Gasteiger charge is 2.27. The van der Waals surface area contributed by atoms with Gasteiger partial charge in [0.15, 0.2) is 5.58 Å². The molecular weight excluding hydrogens is 425 g/mol. The van der Waals surface area contributed by atoms with E-state index in [0.717, 1.165) is 69.5 Å². The van der Waals surface area contributed by atoms with Crippen molar-refractivity contribution in [3.8, 4) is 0 Å². The maximum Gasteiger partial charge on any atom is 0.332 e. The maximum absolute atomic E-state index is 13.4.